The van der Waals surface area contributed by atoms with E-state index in [0.29, 0.717) is 13.2 Å². The van der Waals surface area contributed by atoms with Gasteiger partial charge in [0.25, 0.3) is 0 Å². The van der Waals surface area contributed by atoms with E-state index in [1.165, 1.54) is 32.1 Å². The standard InChI is InChI=1S/C14H29NO2/c1-3-4-5-6-7-8-12-17-14(16)13(2)10-9-11-15/h13H,3-12,15H2,1-2H3. The summed E-state index contributed by atoms with van der Waals surface area (Å²) < 4.78 is 5.23. The Balaban J connectivity index is 3.32. The van der Waals surface area contributed by atoms with Gasteiger partial charge in [0.15, 0.2) is 0 Å². The van der Waals surface area contributed by atoms with Crippen molar-refractivity contribution >= 4 is 5.97 Å². The molecule has 0 saturated heterocycles. The monoisotopic (exact) mass is 243 g/mol. The molecule has 0 heterocycles. The lowest BCUT2D eigenvalue weighted by Gasteiger charge is -2.10. The number of carbonyl (C=O) groups is 1. The van der Waals surface area contributed by atoms with E-state index in [1.807, 2.05) is 6.92 Å². The third-order valence-corrected chi connectivity index (χ3v) is 2.99. The number of rotatable bonds is 11. The van der Waals surface area contributed by atoms with Crippen LogP contribution in [0.15, 0.2) is 0 Å². The molecule has 0 aromatic carbocycles. The molecule has 0 rings (SSSR count). The van der Waals surface area contributed by atoms with Gasteiger partial charge in [-0.25, -0.2) is 0 Å². The van der Waals surface area contributed by atoms with Crippen molar-refractivity contribution < 1.29 is 9.53 Å². The largest absolute Gasteiger partial charge is 0.465 e. The summed E-state index contributed by atoms with van der Waals surface area (Å²) in [6.45, 7) is 5.36. The predicted octanol–water partition coefficient (Wildman–Crippen LogP) is 3.27. The molecule has 0 aliphatic carbocycles. The molecule has 102 valence electrons. The molecule has 0 amide bonds. The van der Waals surface area contributed by atoms with Gasteiger partial charge in [0.2, 0.25) is 0 Å². The van der Waals surface area contributed by atoms with Gasteiger partial charge in [-0.3, -0.25) is 4.79 Å². The van der Waals surface area contributed by atoms with Crippen LogP contribution in [-0.4, -0.2) is 19.1 Å². The van der Waals surface area contributed by atoms with Crippen molar-refractivity contribution in [3.05, 3.63) is 0 Å². The summed E-state index contributed by atoms with van der Waals surface area (Å²) in [6.07, 6.45) is 9.05. The average Bonchev–Trinajstić information content (AvgIpc) is 2.34. The van der Waals surface area contributed by atoms with Gasteiger partial charge in [0, 0.05) is 0 Å². The zero-order valence-electron chi connectivity index (χ0n) is 11.5. The van der Waals surface area contributed by atoms with E-state index >= 15 is 0 Å². The first-order chi connectivity index (χ1) is 8.22. The van der Waals surface area contributed by atoms with Gasteiger partial charge in [-0.05, 0) is 25.8 Å². The van der Waals surface area contributed by atoms with E-state index in [2.05, 4.69) is 6.92 Å². The number of esters is 1. The van der Waals surface area contributed by atoms with Gasteiger partial charge in [-0.1, -0.05) is 46.0 Å². The molecular weight excluding hydrogens is 214 g/mol. The van der Waals surface area contributed by atoms with Crippen LogP contribution >= 0.6 is 0 Å². The molecule has 0 saturated carbocycles. The van der Waals surface area contributed by atoms with Crippen LogP contribution in [0.25, 0.3) is 0 Å². The highest BCUT2D eigenvalue weighted by molar-refractivity contribution is 5.71. The molecule has 3 nitrogen and oxygen atoms in total. The van der Waals surface area contributed by atoms with Crippen LogP contribution in [0.4, 0.5) is 0 Å². The van der Waals surface area contributed by atoms with Crippen molar-refractivity contribution in [1.82, 2.24) is 0 Å². The summed E-state index contributed by atoms with van der Waals surface area (Å²) in [5, 5.41) is 0. The Hall–Kier alpha value is -0.570. The molecule has 0 aromatic rings. The molecule has 17 heavy (non-hydrogen) atoms. The third-order valence-electron chi connectivity index (χ3n) is 2.99. The second-order valence-electron chi connectivity index (χ2n) is 4.77. The van der Waals surface area contributed by atoms with Crippen LogP contribution in [0, 0.1) is 5.92 Å². The number of carbonyl (C=O) groups excluding carboxylic acids is 1. The Labute approximate surface area is 106 Å². The maximum absolute atomic E-state index is 11.5. The highest BCUT2D eigenvalue weighted by Crippen LogP contribution is 2.09. The minimum atomic E-state index is -0.0630. The van der Waals surface area contributed by atoms with E-state index in [-0.39, 0.29) is 11.9 Å². The lowest BCUT2D eigenvalue weighted by atomic mass is 10.1. The van der Waals surface area contributed by atoms with Crippen LogP contribution in [0.3, 0.4) is 0 Å². The van der Waals surface area contributed by atoms with E-state index < -0.39 is 0 Å². The highest BCUT2D eigenvalue weighted by Gasteiger charge is 2.12. The Kier molecular flexibility index (Phi) is 11.5. The van der Waals surface area contributed by atoms with Gasteiger partial charge in [0.1, 0.15) is 0 Å². The minimum Gasteiger partial charge on any atom is -0.465 e. The van der Waals surface area contributed by atoms with Crippen LogP contribution in [0.5, 0.6) is 0 Å². The molecule has 0 aliphatic rings. The second-order valence-corrected chi connectivity index (χ2v) is 4.77. The van der Waals surface area contributed by atoms with E-state index in [4.69, 9.17) is 10.5 Å². The Morgan fingerprint density at radius 2 is 1.76 bits per heavy atom. The molecule has 0 radical (unpaired) electrons. The van der Waals surface area contributed by atoms with Crippen LogP contribution in [0.2, 0.25) is 0 Å². The van der Waals surface area contributed by atoms with Crippen LogP contribution in [0.1, 0.15) is 65.2 Å². The first kappa shape index (κ1) is 16.4. The zero-order chi connectivity index (χ0) is 12.9. The number of unbranched alkanes of at least 4 members (excludes halogenated alkanes) is 5. The molecule has 1 unspecified atom stereocenters. The first-order valence-electron chi connectivity index (χ1n) is 7.09. The fraction of sp³-hybridized carbons (Fsp3) is 0.929. The molecule has 2 N–H and O–H groups in total. The van der Waals surface area contributed by atoms with Crippen molar-refractivity contribution in [1.29, 1.82) is 0 Å². The molecule has 3 heteroatoms. The highest BCUT2D eigenvalue weighted by atomic mass is 16.5. The SMILES string of the molecule is CCCCCCCCOC(=O)C(C)CCCN. The van der Waals surface area contributed by atoms with Crippen LogP contribution in [-0.2, 0) is 9.53 Å². The van der Waals surface area contributed by atoms with E-state index in [0.717, 1.165) is 19.3 Å². The first-order valence-corrected chi connectivity index (χ1v) is 7.09. The molecule has 1 atom stereocenters. The molecule has 0 aliphatic heterocycles. The van der Waals surface area contributed by atoms with Gasteiger partial charge in [0.05, 0.1) is 12.5 Å². The zero-order valence-corrected chi connectivity index (χ0v) is 11.5. The number of hydrogen-bond donors (Lipinski definition) is 1. The molecule has 0 aromatic heterocycles. The van der Waals surface area contributed by atoms with Gasteiger partial charge in [-0.2, -0.15) is 0 Å². The summed E-state index contributed by atoms with van der Waals surface area (Å²) >= 11 is 0. The van der Waals surface area contributed by atoms with Crippen molar-refractivity contribution in [2.45, 2.75) is 65.2 Å². The number of ether oxygens (including phenoxy) is 1. The number of hydrogen-bond acceptors (Lipinski definition) is 3. The van der Waals surface area contributed by atoms with E-state index in [1.54, 1.807) is 0 Å². The predicted molar refractivity (Wildman–Crippen MR) is 71.8 cm³/mol. The topological polar surface area (TPSA) is 52.3 Å². The lowest BCUT2D eigenvalue weighted by Crippen LogP contribution is -2.16. The van der Waals surface area contributed by atoms with Crippen molar-refractivity contribution in [3.63, 3.8) is 0 Å². The lowest BCUT2D eigenvalue weighted by molar-refractivity contribution is -0.148. The fourth-order valence-corrected chi connectivity index (χ4v) is 1.74. The minimum absolute atomic E-state index is 0.00126. The second kappa shape index (κ2) is 11.9. The van der Waals surface area contributed by atoms with Gasteiger partial charge in [-0.15, -0.1) is 0 Å². The maximum Gasteiger partial charge on any atom is 0.308 e. The molecule has 0 spiro atoms. The van der Waals surface area contributed by atoms with Crippen molar-refractivity contribution in [3.8, 4) is 0 Å². The Morgan fingerprint density at radius 1 is 1.12 bits per heavy atom. The third kappa shape index (κ3) is 10.3. The maximum atomic E-state index is 11.5. The fourth-order valence-electron chi connectivity index (χ4n) is 1.74. The average molecular weight is 243 g/mol. The summed E-state index contributed by atoms with van der Waals surface area (Å²) in [4.78, 5) is 11.5. The molecule has 0 bridgehead atoms. The molecule has 0 fully saturated rings. The van der Waals surface area contributed by atoms with Gasteiger partial charge >= 0.3 is 5.97 Å². The summed E-state index contributed by atoms with van der Waals surface area (Å²) in [7, 11) is 0. The smallest absolute Gasteiger partial charge is 0.308 e. The van der Waals surface area contributed by atoms with Crippen LogP contribution < -0.4 is 5.73 Å². The number of nitrogens with two attached hydrogens (primary N) is 1. The van der Waals surface area contributed by atoms with E-state index in [9.17, 15) is 4.79 Å². The van der Waals surface area contributed by atoms with Gasteiger partial charge < -0.3 is 10.5 Å². The summed E-state index contributed by atoms with van der Waals surface area (Å²) in [5.74, 6) is -0.0642. The Bertz CT molecular complexity index is 183. The quantitative estimate of drug-likeness (QED) is 0.447. The summed E-state index contributed by atoms with van der Waals surface area (Å²) in [6, 6.07) is 0. The Morgan fingerprint density at radius 3 is 2.41 bits per heavy atom. The molecular formula is C14H29NO2. The van der Waals surface area contributed by atoms with Crippen molar-refractivity contribution in [2.24, 2.45) is 11.7 Å². The summed E-state index contributed by atoms with van der Waals surface area (Å²) in [5.41, 5.74) is 5.40. The normalized spacial score (nSPS) is 12.4. The van der Waals surface area contributed by atoms with Crippen molar-refractivity contribution in [2.75, 3.05) is 13.2 Å².